The van der Waals surface area contributed by atoms with Crippen LogP contribution in [-0.2, 0) is 0 Å². The first-order chi connectivity index (χ1) is 9.11. The van der Waals surface area contributed by atoms with Gasteiger partial charge in [-0.15, -0.1) is 11.3 Å². The van der Waals surface area contributed by atoms with Crippen molar-refractivity contribution in [3.05, 3.63) is 23.7 Å². The van der Waals surface area contributed by atoms with Crippen LogP contribution in [0.4, 0.5) is 5.69 Å². The zero-order valence-corrected chi connectivity index (χ0v) is 12.3. The molecular formula is C15H19N3S. The predicted octanol–water partition coefficient (Wildman–Crippen LogP) is 4.43. The van der Waals surface area contributed by atoms with E-state index in [0.29, 0.717) is 0 Å². The summed E-state index contributed by atoms with van der Waals surface area (Å²) in [6.07, 6.45) is 3.13. The third-order valence-corrected chi connectivity index (χ3v) is 3.98. The van der Waals surface area contributed by atoms with E-state index in [4.69, 9.17) is 5.26 Å². The smallest absolute Gasteiger partial charge is 0.0813 e. The molecule has 0 aliphatic carbocycles. The van der Waals surface area contributed by atoms with Crippen LogP contribution in [0.25, 0.3) is 10.2 Å². The lowest BCUT2D eigenvalue weighted by molar-refractivity contribution is 0.430. The van der Waals surface area contributed by atoms with Gasteiger partial charge in [-0.1, -0.05) is 6.42 Å². The lowest BCUT2D eigenvalue weighted by Crippen LogP contribution is -2.09. The minimum atomic E-state index is -0.193. The molecule has 2 aromatic rings. The second-order valence-electron chi connectivity index (χ2n) is 5.41. The zero-order chi connectivity index (χ0) is 13.7. The predicted molar refractivity (Wildman–Crippen MR) is 81.4 cm³/mol. The molecule has 2 rings (SSSR count). The van der Waals surface area contributed by atoms with Crippen LogP contribution in [0.5, 0.6) is 0 Å². The first-order valence-electron chi connectivity index (χ1n) is 6.59. The molecule has 1 aromatic carbocycles. The van der Waals surface area contributed by atoms with Crippen LogP contribution in [0, 0.1) is 16.7 Å². The molecule has 19 heavy (non-hydrogen) atoms. The molecule has 4 heteroatoms. The quantitative estimate of drug-likeness (QED) is 0.792. The van der Waals surface area contributed by atoms with Crippen molar-refractivity contribution in [2.45, 2.75) is 33.1 Å². The fourth-order valence-corrected chi connectivity index (χ4v) is 2.66. The number of nitriles is 1. The van der Waals surface area contributed by atoms with E-state index in [1.807, 2.05) is 25.4 Å². The second kappa shape index (κ2) is 6.03. The summed E-state index contributed by atoms with van der Waals surface area (Å²) in [5.74, 6) is 0. The van der Waals surface area contributed by atoms with Gasteiger partial charge in [0.1, 0.15) is 0 Å². The highest BCUT2D eigenvalue weighted by Crippen LogP contribution is 2.23. The maximum atomic E-state index is 8.94. The molecule has 0 saturated carbocycles. The maximum absolute atomic E-state index is 8.94. The number of rotatable bonds is 6. The molecule has 0 aliphatic rings. The van der Waals surface area contributed by atoms with Gasteiger partial charge in [-0.3, -0.25) is 0 Å². The Hall–Kier alpha value is -1.60. The molecule has 0 spiro atoms. The van der Waals surface area contributed by atoms with E-state index in [2.05, 4.69) is 28.5 Å². The number of nitrogens with one attached hydrogen (secondary N) is 1. The topological polar surface area (TPSA) is 48.7 Å². The van der Waals surface area contributed by atoms with Gasteiger partial charge < -0.3 is 5.32 Å². The number of nitrogens with zero attached hydrogens (tertiary/aromatic N) is 2. The summed E-state index contributed by atoms with van der Waals surface area (Å²) in [6, 6.07) is 8.61. The molecule has 1 N–H and O–H groups in total. The van der Waals surface area contributed by atoms with Gasteiger partial charge in [-0.2, -0.15) is 5.26 Å². The monoisotopic (exact) mass is 273 g/mol. The molecule has 0 aliphatic heterocycles. The van der Waals surface area contributed by atoms with Crippen molar-refractivity contribution in [1.82, 2.24) is 4.98 Å². The Morgan fingerprint density at radius 3 is 3.00 bits per heavy atom. The standard InChI is InChI=1S/C15H19N3S/c1-15(2,10-16)7-3-4-8-17-12-5-6-13-14(9-12)19-11-18-13/h5-6,9,11,17H,3-4,7-8H2,1-2H3. The minimum Gasteiger partial charge on any atom is -0.385 e. The summed E-state index contributed by atoms with van der Waals surface area (Å²) in [6.45, 7) is 4.95. The fourth-order valence-electron chi connectivity index (χ4n) is 1.95. The van der Waals surface area contributed by atoms with Crippen molar-refractivity contribution in [3.8, 4) is 6.07 Å². The lowest BCUT2D eigenvalue weighted by atomic mass is 9.89. The Kier molecular flexibility index (Phi) is 4.39. The highest BCUT2D eigenvalue weighted by atomic mass is 32.1. The lowest BCUT2D eigenvalue weighted by Gasteiger charge is -2.14. The van der Waals surface area contributed by atoms with E-state index in [-0.39, 0.29) is 5.41 Å². The van der Waals surface area contributed by atoms with Crippen LogP contribution in [0.1, 0.15) is 33.1 Å². The van der Waals surface area contributed by atoms with Crippen molar-refractivity contribution >= 4 is 27.2 Å². The van der Waals surface area contributed by atoms with Crippen LogP contribution in [0.3, 0.4) is 0 Å². The molecule has 3 nitrogen and oxygen atoms in total. The van der Waals surface area contributed by atoms with Gasteiger partial charge in [-0.25, -0.2) is 4.98 Å². The molecule has 100 valence electrons. The Morgan fingerprint density at radius 2 is 2.21 bits per heavy atom. The van der Waals surface area contributed by atoms with Crippen LogP contribution in [0.2, 0.25) is 0 Å². The minimum absolute atomic E-state index is 0.193. The summed E-state index contributed by atoms with van der Waals surface area (Å²) in [7, 11) is 0. The van der Waals surface area contributed by atoms with Crippen molar-refractivity contribution in [2.75, 3.05) is 11.9 Å². The molecule has 1 heterocycles. The Balaban J connectivity index is 1.75. The summed E-state index contributed by atoms with van der Waals surface area (Å²) < 4.78 is 1.22. The number of fused-ring (bicyclic) bond motifs is 1. The van der Waals surface area contributed by atoms with Gasteiger partial charge in [-0.05, 0) is 44.9 Å². The number of aromatic nitrogens is 1. The Bertz CT molecular complexity index is 580. The van der Waals surface area contributed by atoms with Crippen LogP contribution in [0.15, 0.2) is 23.7 Å². The van der Waals surface area contributed by atoms with E-state index >= 15 is 0 Å². The van der Waals surface area contributed by atoms with E-state index in [1.54, 1.807) is 11.3 Å². The molecule has 0 amide bonds. The van der Waals surface area contributed by atoms with Crippen molar-refractivity contribution in [3.63, 3.8) is 0 Å². The fraction of sp³-hybridized carbons (Fsp3) is 0.467. The third kappa shape index (κ3) is 3.93. The molecular weight excluding hydrogens is 254 g/mol. The summed E-state index contributed by atoms with van der Waals surface area (Å²) >= 11 is 1.66. The molecule has 0 atom stereocenters. The summed E-state index contributed by atoms with van der Waals surface area (Å²) in [5, 5.41) is 12.4. The van der Waals surface area contributed by atoms with Gasteiger partial charge in [0, 0.05) is 12.2 Å². The van der Waals surface area contributed by atoms with Gasteiger partial charge in [0.2, 0.25) is 0 Å². The number of unbranched alkanes of at least 4 members (excludes halogenated alkanes) is 1. The van der Waals surface area contributed by atoms with Gasteiger partial charge in [0.15, 0.2) is 0 Å². The summed E-state index contributed by atoms with van der Waals surface area (Å²) in [4.78, 5) is 4.27. The van der Waals surface area contributed by atoms with E-state index in [9.17, 15) is 0 Å². The Morgan fingerprint density at radius 1 is 1.37 bits per heavy atom. The molecule has 0 saturated heterocycles. The average Bonchev–Trinajstić information content (AvgIpc) is 2.85. The van der Waals surface area contributed by atoms with Crippen LogP contribution >= 0.6 is 11.3 Å². The average molecular weight is 273 g/mol. The second-order valence-corrected chi connectivity index (χ2v) is 6.30. The highest BCUT2D eigenvalue weighted by Gasteiger charge is 2.15. The number of benzene rings is 1. The number of thiazole rings is 1. The van der Waals surface area contributed by atoms with Crippen LogP contribution in [-0.4, -0.2) is 11.5 Å². The van der Waals surface area contributed by atoms with E-state index in [0.717, 1.165) is 37.0 Å². The van der Waals surface area contributed by atoms with Gasteiger partial charge in [0.05, 0.1) is 27.2 Å². The van der Waals surface area contributed by atoms with Crippen molar-refractivity contribution in [1.29, 1.82) is 5.26 Å². The van der Waals surface area contributed by atoms with Gasteiger partial charge >= 0.3 is 0 Å². The zero-order valence-electron chi connectivity index (χ0n) is 11.4. The van der Waals surface area contributed by atoms with Gasteiger partial charge in [0.25, 0.3) is 0 Å². The SMILES string of the molecule is CC(C)(C#N)CCCCNc1ccc2ncsc2c1. The first kappa shape index (κ1) is 13.8. The molecule has 0 bridgehead atoms. The van der Waals surface area contributed by atoms with Crippen molar-refractivity contribution < 1.29 is 0 Å². The van der Waals surface area contributed by atoms with Crippen molar-refractivity contribution in [2.24, 2.45) is 5.41 Å². The highest BCUT2D eigenvalue weighted by molar-refractivity contribution is 7.16. The normalized spacial score (nSPS) is 11.4. The third-order valence-electron chi connectivity index (χ3n) is 3.19. The van der Waals surface area contributed by atoms with Crippen LogP contribution < -0.4 is 5.32 Å². The summed E-state index contributed by atoms with van der Waals surface area (Å²) in [5.41, 5.74) is 3.89. The largest absolute Gasteiger partial charge is 0.385 e. The van der Waals surface area contributed by atoms with E-state index < -0.39 is 0 Å². The number of hydrogen-bond acceptors (Lipinski definition) is 4. The number of anilines is 1. The first-order valence-corrected chi connectivity index (χ1v) is 7.47. The number of hydrogen-bond donors (Lipinski definition) is 1. The Labute approximate surface area is 118 Å². The van der Waals surface area contributed by atoms with E-state index in [1.165, 1.54) is 4.70 Å². The molecule has 0 fully saturated rings. The molecule has 1 aromatic heterocycles. The maximum Gasteiger partial charge on any atom is 0.0813 e. The molecule has 0 radical (unpaired) electrons. The molecule has 0 unspecified atom stereocenters.